The van der Waals surface area contributed by atoms with Gasteiger partial charge in [0.1, 0.15) is 6.10 Å². The maximum atomic E-state index is 12.3. The van der Waals surface area contributed by atoms with Crippen molar-refractivity contribution in [3.8, 4) is 0 Å². The Morgan fingerprint density at radius 1 is 1.19 bits per heavy atom. The first-order valence-corrected chi connectivity index (χ1v) is 7.35. The third-order valence-electron chi connectivity index (χ3n) is 3.99. The van der Waals surface area contributed by atoms with Crippen LogP contribution in [0.25, 0.3) is 0 Å². The number of piperazine rings is 1. The van der Waals surface area contributed by atoms with Crippen LogP contribution < -0.4 is 0 Å². The molecule has 0 saturated carbocycles. The molecule has 1 aromatic heterocycles. The van der Waals surface area contributed by atoms with Crippen LogP contribution in [0.4, 0.5) is 0 Å². The molecule has 0 bridgehead atoms. The van der Waals surface area contributed by atoms with Gasteiger partial charge < -0.3 is 14.5 Å². The molecule has 1 atom stereocenters. The van der Waals surface area contributed by atoms with E-state index in [9.17, 15) is 9.59 Å². The Balaban J connectivity index is 1.55. The molecule has 0 N–H and O–H groups in total. The lowest BCUT2D eigenvalue weighted by Crippen LogP contribution is -2.52. The topological polar surface area (TPSA) is 62.7 Å². The van der Waals surface area contributed by atoms with Crippen LogP contribution in [0.2, 0.25) is 0 Å². The second-order valence-corrected chi connectivity index (χ2v) is 5.36. The molecule has 2 aliphatic heterocycles. The molecule has 1 aromatic rings. The molecule has 21 heavy (non-hydrogen) atoms. The highest BCUT2D eigenvalue weighted by Gasteiger charge is 2.31. The molecule has 112 valence electrons. The van der Waals surface area contributed by atoms with Crippen LogP contribution in [0.15, 0.2) is 24.5 Å². The number of carbonyl (C=O) groups excluding carboxylic acids is 2. The van der Waals surface area contributed by atoms with Gasteiger partial charge in [-0.15, -0.1) is 0 Å². The summed E-state index contributed by atoms with van der Waals surface area (Å²) in [4.78, 5) is 32.1. The maximum Gasteiger partial charge on any atom is 0.255 e. The Bertz CT molecular complexity index is 506. The molecular weight excluding hydrogens is 270 g/mol. The molecule has 0 aliphatic carbocycles. The molecule has 2 amide bonds. The van der Waals surface area contributed by atoms with Gasteiger partial charge in [0.05, 0.1) is 5.56 Å². The van der Waals surface area contributed by atoms with Gasteiger partial charge in [-0.05, 0) is 25.0 Å². The maximum absolute atomic E-state index is 12.3. The van der Waals surface area contributed by atoms with Crippen LogP contribution in [-0.4, -0.2) is 65.5 Å². The standard InChI is InChI=1S/C15H19N3O3/c19-14(12-3-1-5-16-11-12)17-6-8-18(9-7-17)15(20)13-4-2-10-21-13/h1,3,5,11,13H,2,4,6-10H2/t13-/m1/s1. The summed E-state index contributed by atoms with van der Waals surface area (Å²) < 4.78 is 5.43. The van der Waals surface area contributed by atoms with Crippen LogP contribution in [0.5, 0.6) is 0 Å². The molecule has 2 aliphatic rings. The molecule has 0 radical (unpaired) electrons. The molecular formula is C15H19N3O3. The van der Waals surface area contributed by atoms with Crippen molar-refractivity contribution in [2.45, 2.75) is 18.9 Å². The minimum atomic E-state index is -0.273. The number of pyridine rings is 1. The van der Waals surface area contributed by atoms with Gasteiger partial charge >= 0.3 is 0 Å². The zero-order chi connectivity index (χ0) is 14.7. The van der Waals surface area contributed by atoms with Gasteiger partial charge in [-0.2, -0.15) is 0 Å². The molecule has 0 spiro atoms. The summed E-state index contributed by atoms with van der Waals surface area (Å²) in [6, 6.07) is 3.52. The van der Waals surface area contributed by atoms with Crippen LogP contribution in [-0.2, 0) is 9.53 Å². The van der Waals surface area contributed by atoms with Crippen molar-refractivity contribution in [3.63, 3.8) is 0 Å². The summed E-state index contributed by atoms with van der Waals surface area (Å²) in [5.41, 5.74) is 0.594. The largest absolute Gasteiger partial charge is 0.368 e. The molecule has 0 aromatic carbocycles. The molecule has 6 nitrogen and oxygen atoms in total. The third-order valence-corrected chi connectivity index (χ3v) is 3.99. The van der Waals surface area contributed by atoms with Crippen molar-refractivity contribution < 1.29 is 14.3 Å². The zero-order valence-corrected chi connectivity index (χ0v) is 11.9. The fourth-order valence-electron chi connectivity index (χ4n) is 2.78. The smallest absolute Gasteiger partial charge is 0.255 e. The van der Waals surface area contributed by atoms with E-state index in [0.29, 0.717) is 38.3 Å². The van der Waals surface area contributed by atoms with Crippen molar-refractivity contribution in [1.82, 2.24) is 14.8 Å². The number of rotatable bonds is 2. The van der Waals surface area contributed by atoms with E-state index in [-0.39, 0.29) is 17.9 Å². The average molecular weight is 289 g/mol. The normalized spacial score (nSPS) is 22.4. The number of hydrogen-bond acceptors (Lipinski definition) is 4. The quantitative estimate of drug-likeness (QED) is 0.797. The Kier molecular flexibility index (Phi) is 4.15. The molecule has 3 heterocycles. The van der Waals surface area contributed by atoms with Crippen molar-refractivity contribution in [2.24, 2.45) is 0 Å². The number of amides is 2. The zero-order valence-electron chi connectivity index (χ0n) is 11.9. The first kappa shape index (κ1) is 14.0. The molecule has 3 rings (SSSR count). The lowest BCUT2D eigenvalue weighted by atomic mass is 10.2. The number of hydrogen-bond donors (Lipinski definition) is 0. The van der Waals surface area contributed by atoms with E-state index < -0.39 is 0 Å². The second kappa shape index (κ2) is 6.22. The first-order valence-electron chi connectivity index (χ1n) is 7.35. The molecule has 2 fully saturated rings. The van der Waals surface area contributed by atoms with Crippen LogP contribution in [0, 0.1) is 0 Å². The lowest BCUT2D eigenvalue weighted by molar-refractivity contribution is -0.142. The van der Waals surface area contributed by atoms with Gasteiger partial charge in [0.15, 0.2) is 0 Å². The highest BCUT2D eigenvalue weighted by atomic mass is 16.5. The summed E-state index contributed by atoms with van der Waals surface area (Å²) in [5.74, 6) is 0.0493. The summed E-state index contributed by atoms with van der Waals surface area (Å²) in [5, 5.41) is 0. The van der Waals surface area contributed by atoms with Gasteiger partial charge in [-0.1, -0.05) is 0 Å². The Morgan fingerprint density at radius 2 is 1.95 bits per heavy atom. The van der Waals surface area contributed by atoms with Gasteiger partial charge in [0, 0.05) is 45.2 Å². The third kappa shape index (κ3) is 3.05. The monoisotopic (exact) mass is 289 g/mol. The second-order valence-electron chi connectivity index (χ2n) is 5.36. The van der Waals surface area contributed by atoms with E-state index in [2.05, 4.69) is 4.98 Å². The molecule has 2 saturated heterocycles. The highest BCUT2D eigenvalue weighted by Crippen LogP contribution is 2.16. The molecule has 0 unspecified atom stereocenters. The van der Waals surface area contributed by atoms with Gasteiger partial charge in [-0.3, -0.25) is 14.6 Å². The van der Waals surface area contributed by atoms with E-state index in [1.54, 1.807) is 29.4 Å². The fraction of sp³-hybridized carbons (Fsp3) is 0.533. The van der Waals surface area contributed by atoms with Crippen molar-refractivity contribution in [2.75, 3.05) is 32.8 Å². The molecule has 6 heteroatoms. The lowest BCUT2D eigenvalue weighted by Gasteiger charge is -2.35. The van der Waals surface area contributed by atoms with Gasteiger partial charge in [0.2, 0.25) is 0 Å². The number of ether oxygens (including phenoxy) is 1. The highest BCUT2D eigenvalue weighted by molar-refractivity contribution is 5.94. The van der Waals surface area contributed by atoms with Gasteiger partial charge in [0.25, 0.3) is 11.8 Å². The van der Waals surface area contributed by atoms with E-state index in [4.69, 9.17) is 4.74 Å². The average Bonchev–Trinajstić information content (AvgIpc) is 3.09. The summed E-state index contributed by atoms with van der Waals surface area (Å²) >= 11 is 0. The van der Waals surface area contributed by atoms with E-state index >= 15 is 0 Å². The predicted octanol–water partition coefficient (Wildman–Crippen LogP) is 0.545. The predicted molar refractivity (Wildman–Crippen MR) is 75.7 cm³/mol. The number of carbonyl (C=O) groups is 2. The number of aromatic nitrogens is 1. The van der Waals surface area contributed by atoms with Crippen molar-refractivity contribution in [1.29, 1.82) is 0 Å². The Morgan fingerprint density at radius 3 is 2.57 bits per heavy atom. The summed E-state index contributed by atoms with van der Waals surface area (Å²) in [7, 11) is 0. The van der Waals surface area contributed by atoms with Crippen molar-refractivity contribution in [3.05, 3.63) is 30.1 Å². The van der Waals surface area contributed by atoms with Crippen LogP contribution in [0.1, 0.15) is 23.2 Å². The van der Waals surface area contributed by atoms with E-state index in [0.717, 1.165) is 12.8 Å². The Labute approximate surface area is 123 Å². The summed E-state index contributed by atoms with van der Waals surface area (Å²) in [6.45, 7) is 2.95. The van der Waals surface area contributed by atoms with E-state index in [1.165, 1.54) is 0 Å². The van der Waals surface area contributed by atoms with Crippen LogP contribution in [0.3, 0.4) is 0 Å². The minimum absolute atomic E-state index is 0.0210. The SMILES string of the molecule is O=C(c1cccnc1)N1CCN(C(=O)[C@H]2CCCO2)CC1. The number of nitrogens with zero attached hydrogens (tertiary/aromatic N) is 3. The van der Waals surface area contributed by atoms with Crippen LogP contribution >= 0.6 is 0 Å². The Hall–Kier alpha value is -1.95. The summed E-state index contributed by atoms with van der Waals surface area (Å²) in [6.07, 6.45) is 4.72. The van der Waals surface area contributed by atoms with Crippen molar-refractivity contribution >= 4 is 11.8 Å². The van der Waals surface area contributed by atoms with E-state index in [1.807, 2.05) is 4.90 Å². The minimum Gasteiger partial charge on any atom is -0.368 e. The fourth-order valence-corrected chi connectivity index (χ4v) is 2.78. The van der Waals surface area contributed by atoms with Gasteiger partial charge in [-0.25, -0.2) is 0 Å². The first-order chi connectivity index (χ1) is 10.3.